The van der Waals surface area contributed by atoms with Crippen molar-refractivity contribution >= 4 is 36.9 Å². The maximum Gasteiger partial charge on any atom is 0.328 e. The molecule has 196 valence electrons. The standard InChI is InChI=1S/C19H32N2O.C9H8O2.2ClH/c1-6-21(7-2)15-18(4)14-20(5)16(3)13-19(18,22)17-11-9-8-10-12-17;10-9(11)7-6-8-4-2-1-3-5-8;;/h8-12,16,22H,6-7,13-15H2,1-5H3;1-7H,(H,10,11);2*1H/b;7-6+;;. The van der Waals surface area contributed by atoms with Crippen molar-refractivity contribution in [3.63, 3.8) is 0 Å². The van der Waals surface area contributed by atoms with Crippen LogP contribution >= 0.6 is 24.8 Å². The van der Waals surface area contributed by atoms with Gasteiger partial charge < -0.3 is 20.0 Å². The fourth-order valence-corrected chi connectivity index (χ4v) is 4.70. The van der Waals surface area contributed by atoms with Crippen LogP contribution in [0.25, 0.3) is 6.08 Å². The van der Waals surface area contributed by atoms with E-state index in [2.05, 4.69) is 56.7 Å². The van der Waals surface area contributed by atoms with E-state index in [0.29, 0.717) is 6.04 Å². The lowest BCUT2D eigenvalue weighted by molar-refractivity contribution is -0.154. The van der Waals surface area contributed by atoms with Crippen LogP contribution in [-0.4, -0.2) is 65.3 Å². The summed E-state index contributed by atoms with van der Waals surface area (Å²) >= 11 is 0. The fourth-order valence-electron chi connectivity index (χ4n) is 4.70. The van der Waals surface area contributed by atoms with Crippen LogP contribution in [0.3, 0.4) is 0 Å². The molecule has 1 saturated heterocycles. The Hall–Kier alpha value is -1.89. The van der Waals surface area contributed by atoms with Crippen molar-refractivity contribution < 1.29 is 15.0 Å². The average Bonchev–Trinajstić information content (AvgIpc) is 2.82. The predicted molar refractivity (Wildman–Crippen MR) is 151 cm³/mol. The highest BCUT2D eigenvalue weighted by molar-refractivity contribution is 5.86. The lowest BCUT2D eigenvalue weighted by atomic mass is 9.63. The first-order chi connectivity index (χ1) is 15.6. The molecule has 3 atom stereocenters. The third-order valence-electron chi connectivity index (χ3n) is 6.88. The van der Waals surface area contributed by atoms with Crippen LogP contribution in [0.5, 0.6) is 0 Å². The maximum absolute atomic E-state index is 11.7. The molecule has 2 aromatic rings. The Morgan fingerprint density at radius 1 is 1.06 bits per heavy atom. The van der Waals surface area contributed by atoms with Crippen LogP contribution in [0, 0.1) is 5.41 Å². The molecule has 5 nitrogen and oxygen atoms in total. The number of aliphatic carboxylic acids is 1. The van der Waals surface area contributed by atoms with Crippen molar-refractivity contribution in [2.75, 3.05) is 33.2 Å². The van der Waals surface area contributed by atoms with Crippen LogP contribution < -0.4 is 0 Å². The van der Waals surface area contributed by atoms with Crippen molar-refractivity contribution in [3.8, 4) is 0 Å². The number of hydrogen-bond acceptors (Lipinski definition) is 4. The smallest absolute Gasteiger partial charge is 0.328 e. The van der Waals surface area contributed by atoms with E-state index in [1.165, 1.54) is 0 Å². The van der Waals surface area contributed by atoms with Crippen molar-refractivity contribution in [1.82, 2.24) is 9.80 Å². The number of halogens is 2. The molecule has 3 unspecified atom stereocenters. The fraction of sp³-hybridized carbons (Fsp3) is 0.464. The minimum absolute atomic E-state index is 0. The molecule has 0 amide bonds. The zero-order valence-electron chi connectivity index (χ0n) is 21.6. The van der Waals surface area contributed by atoms with Gasteiger partial charge in [0.1, 0.15) is 0 Å². The molecule has 1 heterocycles. The molecule has 1 aliphatic rings. The summed E-state index contributed by atoms with van der Waals surface area (Å²) in [5.41, 5.74) is 1.00. The molecule has 35 heavy (non-hydrogen) atoms. The first kappa shape index (κ1) is 33.1. The van der Waals surface area contributed by atoms with Crippen LogP contribution in [0.1, 0.15) is 45.2 Å². The van der Waals surface area contributed by atoms with Gasteiger partial charge in [-0.05, 0) is 50.7 Å². The summed E-state index contributed by atoms with van der Waals surface area (Å²) in [5, 5.41) is 20.0. The lowest BCUT2D eigenvalue weighted by Crippen LogP contribution is -2.62. The molecule has 2 N–H and O–H groups in total. The molecule has 1 aliphatic heterocycles. The molecule has 0 saturated carbocycles. The monoisotopic (exact) mass is 524 g/mol. The molecule has 1 fully saturated rings. The minimum Gasteiger partial charge on any atom is -0.478 e. The molecular weight excluding hydrogens is 483 g/mol. The van der Waals surface area contributed by atoms with Crippen molar-refractivity contribution in [1.29, 1.82) is 0 Å². The SMILES string of the molecule is CCN(CC)CC1(C)CN(C)C(C)CC1(O)c1ccccc1.Cl.Cl.O=C(O)/C=C/c1ccccc1. The van der Waals surface area contributed by atoms with Gasteiger partial charge in [0.05, 0.1) is 5.60 Å². The number of piperidine rings is 1. The predicted octanol–water partition coefficient (Wildman–Crippen LogP) is 5.57. The van der Waals surface area contributed by atoms with Crippen molar-refractivity contribution in [3.05, 3.63) is 77.9 Å². The van der Waals surface area contributed by atoms with Crippen molar-refractivity contribution in [2.45, 2.75) is 45.8 Å². The van der Waals surface area contributed by atoms with E-state index in [9.17, 15) is 9.90 Å². The lowest BCUT2D eigenvalue weighted by Gasteiger charge is -2.55. The highest BCUT2D eigenvalue weighted by Crippen LogP contribution is 2.48. The number of carboxylic acids is 1. The number of carbonyl (C=O) groups is 1. The molecule has 0 aliphatic carbocycles. The Morgan fingerprint density at radius 2 is 1.57 bits per heavy atom. The van der Waals surface area contributed by atoms with Crippen LogP contribution in [0.4, 0.5) is 0 Å². The summed E-state index contributed by atoms with van der Waals surface area (Å²) in [6, 6.07) is 19.9. The second-order valence-corrected chi connectivity index (χ2v) is 9.30. The topological polar surface area (TPSA) is 64.0 Å². The number of hydrogen-bond donors (Lipinski definition) is 2. The third-order valence-corrected chi connectivity index (χ3v) is 6.88. The molecule has 0 spiro atoms. The number of likely N-dealkylation sites (tertiary alicyclic amines) is 1. The van der Waals surface area contributed by atoms with Gasteiger partial charge >= 0.3 is 5.97 Å². The van der Waals surface area contributed by atoms with E-state index in [1.54, 1.807) is 6.08 Å². The largest absolute Gasteiger partial charge is 0.478 e. The number of benzene rings is 2. The number of carboxylic acid groups (broad SMARTS) is 1. The van der Waals surface area contributed by atoms with E-state index < -0.39 is 11.6 Å². The van der Waals surface area contributed by atoms with Gasteiger partial charge in [-0.25, -0.2) is 4.79 Å². The Bertz CT molecular complexity index is 894. The minimum atomic E-state index is -0.922. The zero-order valence-corrected chi connectivity index (χ0v) is 23.2. The molecule has 0 bridgehead atoms. The van der Waals surface area contributed by atoms with Gasteiger partial charge in [-0.2, -0.15) is 0 Å². The Kier molecular flexibility index (Phi) is 14.4. The van der Waals surface area contributed by atoms with Crippen LogP contribution in [0.2, 0.25) is 0 Å². The highest BCUT2D eigenvalue weighted by Gasteiger charge is 2.53. The van der Waals surface area contributed by atoms with Gasteiger partial charge in [-0.1, -0.05) is 81.4 Å². The van der Waals surface area contributed by atoms with Gasteiger partial charge in [0.2, 0.25) is 0 Å². The van der Waals surface area contributed by atoms with Crippen LogP contribution in [-0.2, 0) is 10.4 Å². The Morgan fingerprint density at radius 3 is 2.06 bits per heavy atom. The van der Waals surface area contributed by atoms with E-state index >= 15 is 0 Å². The number of rotatable bonds is 7. The Labute approximate surface area is 223 Å². The first-order valence-electron chi connectivity index (χ1n) is 11.8. The van der Waals surface area contributed by atoms with Crippen LogP contribution in [0.15, 0.2) is 66.7 Å². The quantitative estimate of drug-likeness (QED) is 0.463. The Balaban J connectivity index is 0.000000757. The van der Waals surface area contributed by atoms with Gasteiger partial charge in [-0.3, -0.25) is 0 Å². The van der Waals surface area contributed by atoms with Gasteiger partial charge in [0.15, 0.2) is 0 Å². The third kappa shape index (κ3) is 8.93. The summed E-state index contributed by atoms with van der Waals surface area (Å²) in [4.78, 5) is 14.9. The number of nitrogens with zero attached hydrogens (tertiary/aromatic N) is 2. The molecule has 2 aromatic carbocycles. The summed E-state index contributed by atoms with van der Waals surface area (Å²) in [7, 11) is 2.18. The van der Waals surface area contributed by atoms with Gasteiger partial charge in [0.25, 0.3) is 0 Å². The molecule has 0 aromatic heterocycles. The van der Waals surface area contributed by atoms with E-state index in [0.717, 1.165) is 49.8 Å². The molecule has 7 heteroatoms. The maximum atomic E-state index is 11.7. The second kappa shape index (κ2) is 15.3. The normalized spacial score (nSPS) is 24.1. The summed E-state index contributed by atoms with van der Waals surface area (Å²) < 4.78 is 0. The molecular formula is C28H42Cl2N2O3. The average molecular weight is 526 g/mol. The number of aliphatic hydroxyl groups is 1. The zero-order chi connectivity index (χ0) is 24.5. The summed E-state index contributed by atoms with van der Waals surface area (Å²) in [6.07, 6.45) is 3.46. The summed E-state index contributed by atoms with van der Waals surface area (Å²) in [6.45, 7) is 12.7. The van der Waals surface area contributed by atoms with E-state index in [4.69, 9.17) is 5.11 Å². The molecule has 0 radical (unpaired) electrons. The van der Waals surface area contributed by atoms with E-state index in [-0.39, 0.29) is 30.2 Å². The molecule has 3 rings (SSSR count). The summed E-state index contributed by atoms with van der Waals surface area (Å²) in [5.74, 6) is -0.922. The second-order valence-electron chi connectivity index (χ2n) is 9.30. The first-order valence-corrected chi connectivity index (χ1v) is 11.8. The van der Waals surface area contributed by atoms with Crippen molar-refractivity contribution in [2.24, 2.45) is 5.41 Å². The van der Waals surface area contributed by atoms with Gasteiger partial charge in [-0.15, -0.1) is 24.8 Å². The van der Waals surface area contributed by atoms with E-state index in [1.807, 2.05) is 48.5 Å². The van der Waals surface area contributed by atoms with Gasteiger partial charge in [0, 0.05) is 30.6 Å². The highest BCUT2D eigenvalue weighted by atomic mass is 35.5.